The molecule has 0 aliphatic carbocycles. The minimum Gasteiger partial charge on any atom is -0.326 e. The van der Waals surface area contributed by atoms with Gasteiger partial charge in [-0.15, -0.1) is 33.8 Å². The molecular formula is C42H58N2S2Si2+2. The molecular weight excluding hydrogens is 653 g/mol. The van der Waals surface area contributed by atoms with E-state index in [1.165, 1.54) is 98.9 Å². The maximum atomic E-state index is 4.02. The Balaban J connectivity index is 1.96. The van der Waals surface area contributed by atoms with Gasteiger partial charge in [0.2, 0.25) is 0 Å². The highest BCUT2D eigenvalue weighted by atomic mass is 32.1. The highest BCUT2D eigenvalue weighted by Crippen LogP contribution is 2.41. The predicted molar refractivity (Wildman–Crippen MR) is 224 cm³/mol. The van der Waals surface area contributed by atoms with Crippen LogP contribution in [-0.4, -0.2) is 67.4 Å². The Hall–Kier alpha value is -2.43. The number of nitrogens with zero attached hydrogens (tertiary/aromatic N) is 2. The third-order valence-corrected chi connectivity index (χ3v) is 22.3. The maximum absolute atomic E-state index is 4.02. The van der Waals surface area contributed by atoms with Gasteiger partial charge in [0.05, 0.1) is 52.0 Å². The molecule has 0 unspecified atom stereocenters. The molecule has 2 aromatic heterocycles. The SMILES string of the molecule is CC[Si](C#Cc1c2cc3cc(C[N+](C)(C)C)sc3cc2c(C#C[Si](CC)(CC)CC)c2cc3cc(C[N+](C)(C)C)sc3cc12)(CC)CC. The lowest BCUT2D eigenvalue weighted by Crippen LogP contribution is -2.32. The Bertz CT molecular complexity index is 1830. The standard InChI is InChI=1S/C42H58N2S2Si2/c1-13-47(14-2,15-3)21-19-35-37-25-31-23-33(29-43(7,8)9)46-42(31)28-40(37)36(20-22-48(16-4,17-5)18-6)38-26-32-24-34(30-44(10,11)12)45-41(32)27-39(35)38/h23-28H,13-18,29-30H2,1-12H3/q+2. The fraction of sp³-hybridized carbons (Fsp3) is 0.476. The molecule has 5 aromatic rings. The molecule has 0 N–H and O–H groups in total. The Morgan fingerprint density at radius 3 is 1.08 bits per heavy atom. The molecule has 0 fully saturated rings. The largest absolute Gasteiger partial charge is 0.326 e. The number of hydrogen-bond donors (Lipinski definition) is 0. The molecule has 0 bridgehead atoms. The lowest BCUT2D eigenvalue weighted by atomic mass is 9.91. The minimum atomic E-state index is -1.68. The summed E-state index contributed by atoms with van der Waals surface area (Å²) in [7, 11) is 10.3. The fourth-order valence-corrected chi connectivity index (χ4v) is 14.7. The summed E-state index contributed by atoms with van der Waals surface area (Å²) >= 11 is 3.90. The Kier molecular flexibility index (Phi) is 10.8. The molecule has 0 amide bonds. The average Bonchev–Trinajstić information content (AvgIpc) is 3.60. The van der Waals surface area contributed by atoms with Gasteiger partial charge < -0.3 is 8.97 Å². The molecule has 0 saturated carbocycles. The Morgan fingerprint density at radius 2 is 0.792 bits per heavy atom. The van der Waals surface area contributed by atoms with E-state index in [0.29, 0.717) is 0 Å². The highest BCUT2D eigenvalue weighted by Gasteiger charge is 2.26. The van der Waals surface area contributed by atoms with Crippen molar-refractivity contribution in [1.82, 2.24) is 0 Å². The van der Waals surface area contributed by atoms with Crippen LogP contribution in [0.15, 0.2) is 36.4 Å². The van der Waals surface area contributed by atoms with E-state index in [1.54, 1.807) is 0 Å². The molecule has 3 aromatic carbocycles. The number of benzene rings is 3. The second-order valence-corrected chi connectivity index (χ2v) is 28.3. The molecule has 48 heavy (non-hydrogen) atoms. The number of hydrogen-bond acceptors (Lipinski definition) is 2. The smallest absolute Gasteiger partial charge is 0.138 e. The van der Waals surface area contributed by atoms with Gasteiger partial charge in [-0.2, -0.15) is 0 Å². The first-order chi connectivity index (χ1) is 22.6. The topological polar surface area (TPSA) is 0 Å². The van der Waals surface area contributed by atoms with Crippen LogP contribution < -0.4 is 0 Å². The van der Waals surface area contributed by atoms with E-state index in [9.17, 15) is 0 Å². The summed E-state index contributed by atoms with van der Waals surface area (Å²) < 4.78 is 4.56. The second kappa shape index (κ2) is 14.1. The van der Waals surface area contributed by atoms with E-state index in [2.05, 4.69) is 143 Å². The van der Waals surface area contributed by atoms with Crippen LogP contribution in [0.3, 0.4) is 0 Å². The van der Waals surface area contributed by atoms with E-state index in [1.807, 2.05) is 22.7 Å². The number of quaternary nitrogens is 2. The first kappa shape index (κ1) is 36.8. The van der Waals surface area contributed by atoms with Crippen molar-refractivity contribution in [2.75, 3.05) is 42.3 Å². The summed E-state index contributed by atoms with van der Waals surface area (Å²) in [5, 5.41) is 7.82. The van der Waals surface area contributed by atoms with Gasteiger partial charge in [0.25, 0.3) is 0 Å². The van der Waals surface area contributed by atoms with Crippen molar-refractivity contribution >= 4 is 80.5 Å². The summed E-state index contributed by atoms with van der Waals surface area (Å²) in [5.41, 5.74) is 10.5. The van der Waals surface area contributed by atoms with Crippen molar-refractivity contribution in [3.8, 4) is 22.9 Å². The van der Waals surface area contributed by atoms with E-state index in [4.69, 9.17) is 0 Å². The molecule has 2 heterocycles. The molecule has 0 radical (unpaired) electrons. The molecule has 254 valence electrons. The summed E-state index contributed by atoms with van der Waals surface area (Å²) in [6, 6.07) is 22.0. The van der Waals surface area contributed by atoms with Gasteiger partial charge in [0.15, 0.2) is 0 Å². The van der Waals surface area contributed by atoms with Gasteiger partial charge in [-0.25, -0.2) is 0 Å². The number of fused-ring (bicyclic) bond motifs is 4. The van der Waals surface area contributed by atoms with E-state index < -0.39 is 16.1 Å². The summed E-state index contributed by atoms with van der Waals surface area (Å²) in [5.74, 6) is 7.90. The van der Waals surface area contributed by atoms with E-state index >= 15 is 0 Å². The van der Waals surface area contributed by atoms with Gasteiger partial charge in [-0.3, -0.25) is 0 Å². The van der Waals surface area contributed by atoms with Crippen LogP contribution in [0.4, 0.5) is 0 Å². The third-order valence-electron chi connectivity index (χ3n) is 10.7. The van der Waals surface area contributed by atoms with Gasteiger partial charge in [-0.1, -0.05) is 53.4 Å². The average molecular weight is 711 g/mol. The maximum Gasteiger partial charge on any atom is 0.138 e. The quantitative estimate of drug-likeness (QED) is 0.0586. The monoisotopic (exact) mass is 710 g/mol. The van der Waals surface area contributed by atoms with Crippen molar-refractivity contribution in [2.24, 2.45) is 0 Å². The predicted octanol–water partition coefficient (Wildman–Crippen LogP) is 11.6. The molecule has 0 aliphatic rings. The molecule has 5 rings (SSSR count). The lowest BCUT2D eigenvalue weighted by Gasteiger charge is -2.22. The second-order valence-electron chi connectivity index (χ2n) is 16.1. The van der Waals surface area contributed by atoms with Crippen molar-refractivity contribution in [1.29, 1.82) is 0 Å². The first-order valence-corrected chi connectivity index (χ1v) is 25.0. The normalized spacial score (nSPS) is 12.9. The van der Waals surface area contributed by atoms with Crippen LogP contribution in [-0.2, 0) is 13.1 Å². The van der Waals surface area contributed by atoms with Crippen molar-refractivity contribution in [2.45, 2.75) is 90.9 Å². The van der Waals surface area contributed by atoms with Gasteiger partial charge in [0.1, 0.15) is 29.2 Å². The molecule has 2 nitrogen and oxygen atoms in total. The number of thiophene rings is 2. The summed E-state index contributed by atoms with van der Waals surface area (Å²) in [4.78, 5) is 2.87. The number of rotatable bonds is 10. The lowest BCUT2D eigenvalue weighted by molar-refractivity contribution is -0.883. The molecule has 0 spiro atoms. The van der Waals surface area contributed by atoms with Crippen LogP contribution in [0.1, 0.15) is 62.4 Å². The van der Waals surface area contributed by atoms with Crippen molar-refractivity contribution in [3.05, 3.63) is 57.3 Å². The third kappa shape index (κ3) is 7.66. The van der Waals surface area contributed by atoms with Crippen LogP contribution >= 0.6 is 22.7 Å². The Morgan fingerprint density at radius 1 is 0.479 bits per heavy atom. The van der Waals surface area contributed by atoms with Crippen LogP contribution in [0.25, 0.3) is 41.7 Å². The van der Waals surface area contributed by atoms with Crippen LogP contribution in [0, 0.1) is 22.9 Å². The van der Waals surface area contributed by atoms with Gasteiger partial charge in [-0.05, 0) is 94.2 Å². The minimum absolute atomic E-state index is 0.923. The zero-order valence-corrected chi connectivity index (χ0v) is 35.5. The van der Waals surface area contributed by atoms with Gasteiger partial charge in [0, 0.05) is 31.3 Å². The van der Waals surface area contributed by atoms with Crippen molar-refractivity contribution < 1.29 is 8.97 Å². The fourth-order valence-electron chi connectivity index (χ4n) is 7.18. The highest BCUT2D eigenvalue weighted by molar-refractivity contribution is 7.19. The van der Waals surface area contributed by atoms with Crippen LogP contribution in [0.2, 0.25) is 36.3 Å². The van der Waals surface area contributed by atoms with Crippen molar-refractivity contribution in [3.63, 3.8) is 0 Å². The van der Waals surface area contributed by atoms with E-state index in [0.717, 1.165) is 22.1 Å². The Labute approximate surface area is 301 Å². The van der Waals surface area contributed by atoms with E-state index in [-0.39, 0.29) is 0 Å². The summed E-state index contributed by atoms with van der Waals surface area (Å²) in [6.07, 6.45) is 0. The van der Waals surface area contributed by atoms with Crippen LogP contribution in [0.5, 0.6) is 0 Å². The first-order valence-electron chi connectivity index (χ1n) is 18.2. The summed E-state index contributed by atoms with van der Waals surface area (Å²) in [6.45, 7) is 16.2. The zero-order valence-electron chi connectivity index (χ0n) is 31.8. The molecule has 0 aliphatic heterocycles. The molecule has 0 saturated heterocycles. The molecule has 6 heteroatoms. The zero-order chi connectivity index (χ0) is 35.1. The van der Waals surface area contributed by atoms with Gasteiger partial charge >= 0.3 is 0 Å². The molecule has 0 atom stereocenters.